The Kier molecular flexibility index (Phi) is 15.6. The second-order valence-electron chi connectivity index (χ2n) is 17.8. The molecule has 12 rings (SSSR count). The van der Waals surface area contributed by atoms with Gasteiger partial charge in [0.05, 0.1) is 5.41 Å². The Morgan fingerprint density at radius 3 is 1.66 bits per heavy atom. The Labute approximate surface area is 434 Å². The lowest BCUT2D eigenvalue weighted by Gasteiger charge is -2.36. The minimum absolute atomic E-state index is 0.136. The fourth-order valence-electron chi connectivity index (χ4n) is 10.7. The molecule has 0 aromatic heterocycles. The molecular formula is C71H66O2. The van der Waals surface area contributed by atoms with Crippen LogP contribution in [0.1, 0.15) is 101 Å². The highest BCUT2D eigenvalue weighted by molar-refractivity contribution is 5.93. The first-order valence-corrected chi connectivity index (χ1v) is 26.5. The maximum atomic E-state index is 7.04. The summed E-state index contributed by atoms with van der Waals surface area (Å²) >= 11 is 0. The molecule has 0 spiro atoms. The zero-order valence-corrected chi connectivity index (χ0v) is 43.4. The molecule has 2 heteroatoms. The summed E-state index contributed by atoms with van der Waals surface area (Å²) in [6.07, 6.45) is 11.6. The number of rotatable bonds is 9. The summed E-state index contributed by atoms with van der Waals surface area (Å²) in [5, 5.41) is 0. The Balaban J connectivity index is 0.00000106. The molecule has 0 saturated heterocycles. The molecule has 9 aromatic carbocycles. The molecule has 0 bridgehead atoms. The molecule has 0 N–H and O–H groups in total. The van der Waals surface area contributed by atoms with Gasteiger partial charge in [0.25, 0.3) is 0 Å². The fourth-order valence-corrected chi connectivity index (χ4v) is 10.7. The van der Waals surface area contributed by atoms with Crippen molar-refractivity contribution >= 4 is 5.57 Å². The van der Waals surface area contributed by atoms with Crippen molar-refractivity contribution in [2.45, 2.75) is 72.6 Å². The van der Waals surface area contributed by atoms with E-state index in [1.807, 2.05) is 41.5 Å². The Hall–Kier alpha value is -8.20. The van der Waals surface area contributed by atoms with Crippen molar-refractivity contribution in [1.82, 2.24) is 0 Å². The van der Waals surface area contributed by atoms with Gasteiger partial charge in [-0.15, -0.1) is 0 Å². The standard InChI is InChI=1S/C65H48O2.3C2H6/c1-44(45-30-32-48(33-31-45)46-18-6-2-7-19-46)42-57(50-36-34-49(35-37-50)47-20-8-3-9-21-47)55-27-15-14-26-54(55)51-38-40-60-62(43-51)66-61-41-39-59-63(64(61)67-60)56-28-16-17-29-58(56)65(59,52-22-10-4-11-23-52)53-24-12-5-13-25-53;3*1-2/h2-4,6-12,14-44H,5,13H2,1H3;3*1-2H3/b57-42+;;;. The van der Waals surface area contributed by atoms with Crippen LogP contribution in [-0.2, 0) is 5.41 Å². The molecule has 2 aliphatic carbocycles. The highest BCUT2D eigenvalue weighted by Gasteiger charge is 2.49. The fraction of sp³-hybridized carbons (Fsp3) is 0.155. The van der Waals surface area contributed by atoms with Crippen molar-refractivity contribution in [3.63, 3.8) is 0 Å². The molecule has 362 valence electrons. The molecule has 1 heterocycles. The molecule has 1 aliphatic heterocycles. The largest absolute Gasteiger partial charge is 0.449 e. The minimum atomic E-state index is -0.480. The third kappa shape index (κ3) is 9.54. The highest BCUT2D eigenvalue weighted by Crippen LogP contribution is 2.63. The van der Waals surface area contributed by atoms with Crippen LogP contribution < -0.4 is 9.47 Å². The second kappa shape index (κ2) is 22.9. The van der Waals surface area contributed by atoms with E-state index in [2.05, 4.69) is 250 Å². The van der Waals surface area contributed by atoms with E-state index >= 15 is 0 Å². The monoisotopic (exact) mass is 951 g/mol. The van der Waals surface area contributed by atoms with Crippen LogP contribution >= 0.6 is 0 Å². The molecule has 0 radical (unpaired) electrons. The zero-order chi connectivity index (χ0) is 50.7. The van der Waals surface area contributed by atoms with E-state index in [0.717, 1.165) is 52.2 Å². The van der Waals surface area contributed by atoms with Crippen LogP contribution in [0.5, 0.6) is 23.0 Å². The van der Waals surface area contributed by atoms with Crippen molar-refractivity contribution in [2.24, 2.45) is 0 Å². The van der Waals surface area contributed by atoms with Crippen LogP contribution in [-0.4, -0.2) is 0 Å². The molecule has 0 fully saturated rings. The molecule has 73 heavy (non-hydrogen) atoms. The lowest BCUT2D eigenvalue weighted by atomic mass is 9.66. The maximum absolute atomic E-state index is 7.04. The van der Waals surface area contributed by atoms with Crippen LogP contribution in [0.25, 0.3) is 50.1 Å². The van der Waals surface area contributed by atoms with Gasteiger partial charge in [-0.25, -0.2) is 0 Å². The molecule has 3 aliphatic rings. The second-order valence-corrected chi connectivity index (χ2v) is 17.8. The first-order chi connectivity index (χ1) is 36.1. The predicted molar refractivity (Wildman–Crippen MR) is 310 cm³/mol. The number of fused-ring (bicyclic) bond motifs is 6. The van der Waals surface area contributed by atoms with Crippen LogP contribution in [0.4, 0.5) is 0 Å². The molecule has 2 unspecified atom stereocenters. The molecule has 0 saturated carbocycles. The third-order valence-corrected chi connectivity index (χ3v) is 13.9. The molecule has 2 nitrogen and oxygen atoms in total. The van der Waals surface area contributed by atoms with Gasteiger partial charge in [-0.05, 0) is 120 Å². The molecule has 0 amide bonds. The van der Waals surface area contributed by atoms with Gasteiger partial charge in [-0.3, -0.25) is 0 Å². The summed E-state index contributed by atoms with van der Waals surface area (Å²) in [5.74, 6) is 3.01. The van der Waals surface area contributed by atoms with Gasteiger partial charge < -0.3 is 9.47 Å². The average molecular weight is 951 g/mol. The minimum Gasteiger partial charge on any atom is -0.449 e. The lowest BCUT2D eigenvalue weighted by molar-refractivity contribution is 0.360. The van der Waals surface area contributed by atoms with Crippen LogP contribution in [0.15, 0.2) is 248 Å². The average Bonchev–Trinajstić information content (AvgIpc) is 3.80. The van der Waals surface area contributed by atoms with Gasteiger partial charge in [0.15, 0.2) is 23.0 Å². The van der Waals surface area contributed by atoms with Gasteiger partial charge in [0.2, 0.25) is 0 Å². The van der Waals surface area contributed by atoms with E-state index in [1.165, 1.54) is 61.2 Å². The van der Waals surface area contributed by atoms with Crippen molar-refractivity contribution in [2.75, 3.05) is 0 Å². The van der Waals surface area contributed by atoms with Crippen molar-refractivity contribution in [1.29, 1.82) is 0 Å². The van der Waals surface area contributed by atoms with Crippen molar-refractivity contribution < 1.29 is 9.47 Å². The Bertz CT molecular complexity index is 3380. The van der Waals surface area contributed by atoms with E-state index < -0.39 is 5.41 Å². The summed E-state index contributed by atoms with van der Waals surface area (Å²) in [7, 11) is 0. The van der Waals surface area contributed by atoms with E-state index in [1.54, 1.807) is 0 Å². The summed E-state index contributed by atoms with van der Waals surface area (Å²) in [6, 6.07) is 78.5. The number of hydrogen-bond acceptors (Lipinski definition) is 2. The van der Waals surface area contributed by atoms with Gasteiger partial charge in [-0.2, -0.15) is 0 Å². The maximum Gasteiger partial charge on any atom is 0.178 e. The van der Waals surface area contributed by atoms with Gasteiger partial charge >= 0.3 is 0 Å². The SMILES string of the molecule is CC.CC.CC.CC(/C=C(\c1ccc(-c2ccccc2)cc1)c1ccccc1-c1ccc2c(c1)Oc1ccc3c(c1O2)-c1ccccc1C3(C1=CCCC=C1)c1ccccc1)c1ccc(-c2ccccc2)cc1. The van der Waals surface area contributed by atoms with E-state index in [-0.39, 0.29) is 5.92 Å². The number of allylic oxidation sites excluding steroid dienone is 5. The van der Waals surface area contributed by atoms with Crippen LogP contribution in [0.3, 0.4) is 0 Å². The number of ether oxygens (including phenoxy) is 2. The smallest absolute Gasteiger partial charge is 0.178 e. The first-order valence-electron chi connectivity index (χ1n) is 26.5. The van der Waals surface area contributed by atoms with E-state index in [0.29, 0.717) is 11.5 Å². The lowest BCUT2D eigenvalue weighted by Crippen LogP contribution is -2.29. The van der Waals surface area contributed by atoms with Crippen molar-refractivity contribution in [3.05, 3.63) is 282 Å². The van der Waals surface area contributed by atoms with E-state index in [9.17, 15) is 0 Å². The van der Waals surface area contributed by atoms with Crippen molar-refractivity contribution in [3.8, 4) is 67.5 Å². The number of hydrogen-bond donors (Lipinski definition) is 0. The summed E-state index contributed by atoms with van der Waals surface area (Å²) < 4.78 is 14.0. The Morgan fingerprint density at radius 1 is 0.466 bits per heavy atom. The first kappa shape index (κ1) is 49.8. The van der Waals surface area contributed by atoms with E-state index in [4.69, 9.17) is 9.47 Å². The summed E-state index contributed by atoms with van der Waals surface area (Å²) in [6.45, 7) is 14.3. The highest BCUT2D eigenvalue weighted by atomic mass is 16.6. The van der Waals surface area contributed by atoms with Crippen LogP contribution in [0, 0.1) is 0 Å². The van der Waals surface area contributed by atoms with Gasteiger partial charge in [0.1, 0.15) is 0 Å². The third-order valence-electron chi connectivity index (χ3n) is 13.9. The topological polar surface area (TPSA) is 18.5 Å². The quantitative estimate of drug-likeness (QED) is 0.144. The molecule has 2 atom stereocenters. The Morgan fingerprint density at radius 2 is 1.01 bits per heavy atom. The normalized spacial score (nSPS) is 15.0. The predicted octanol–water partition coefficient (Wildman–Crippen LogP) is 20.5. The summed E-state index contributed by atoms with van der Waals surface area (Å²) in [4.78, 5) is 0. The summed E-state index contributed by atoms with van der Waals surface area (Å²) in [5.41, 5.74) is 18.6. The molecule has 9 aromatic rings. The number of benzene rings is 9. The van der Waals surface area contributed by atoms with Crippen LogP contribution in [0.2, 0.25) is 0 Å². The van der Waals surface area contributed by atoms with Gasteiger partial charge in [-0.1, -0.05) is 273 Å². The zero-order valence-electron chi connectivity index (χ0n) is 43.4. The molecular weight excluding hydrogens is 885 g/mol. The van der Waals surface area contributed by atoms with Gasteiger partial charge in [0, 0.05) is 5.56 Å².